The summed E-state index contributed by atoms with van der Waals surface area (Å²) < 4.78 is 5.48. The van der Waals surface area contributed by atoms with Gasteiger partial charge in [-0.25, -0.2) is 9.78 Å². The van der Waals surface area contributed by atoms with Gasteiger partial charge in [0.15, 0.2) is 5.82 Å². The number of aromatic amines is 1. The van der Waals surface area contributed by atoms with Crippen LogP contribution in [0, 0.1) is 5.41 Å². The molecular weight excluding hydrogens is 418 g/mol. The van der Waals surface area contributed by atoms with Gasteiger partial charge in [0.05, 0.1) is 0 Å². The minimum absolute atomic E-state index is 0.207. The molecule has 0 atom stereocenters. The normalized spacial score (nSPS) is 20.4. The molecule has 1 saturated heterocycles. The lowest BCUT2D eigenvalue weighted by atomic mass is 9.60. The average molecular weight is 454 g/mol. The Morgan fingerprint density at radius 2 is 1.97 bits per heavy atom. The standard InChI is InChI=1S/C24H35N7O2/c1-23(2,3)33-22(32)31-14-24(15-31)12-17(13-24)30(4)21-25-10-9-19(27-21)26-20-11-18(28-29-20)16-7-5-6-8-16/h9-11,16-17H,5-8,12-15H2,1-4H3,(H2,25,26,27,28,29). The molecule has 0 bridgehead atoms. The van der Waals surface area contributed by atoms with Crippen molar-refractivity contribution < 1.29 is 9.53 Å². The molecule has 1 aliphatic heterocycles. The molecule has 3 fully saturated rings. The van der Waals surface area contributed by atoms with Crippen molar-refractivity contribution in [1.82, 2.24) is 25.1 Å². The van der Waals surface area contributed by atoms with Crippen molar-refractivity contribution in [2.24, 2.45) is 5.41 Å². The minimum atomic E-state index is -0.452. The zero-order chi connectivity index (χ0) is 23.2. The highest BCUT2D eigenvalue weighted by atomic mass is 16.6. The fourth-order valence-corrected chi connectivity index (χ4v) is 5.42. The summed E-state index contributed by atoms with van der Waals surface area (Å²) in [6.45, 7) is 7.25. The van der Waals surface area contributed by atoms with E-state index in [0.29, 0.717) is 17.9 Å². The number of hydrogen-bond donors (Lipinski definition) is 2. The van der Waals surface area contributed by atoms with E-state index in [-0.39, 0.29) is 11.5 Å². The molecular formula is C24H35N7O2. The second-order valence-corrected chi connectivity index (χ2v) is 11.1. The summed E-state index contributed by atoms with van der Waals surface area (Å²) in [6.07, 6.45) is 8.73. The number of likely N-dealkylation sites (tertiary alicyclic amines) is 1. The second-order valence-electron chi connectivity index (χ2n) is 11.1. The molecule has 3 heterocycles. The third-order valence-electron chi connectivity index (χ3n) is 7.20. The molecule has 178 valence electrons. The van der Waals surface area contributed by atoms with Crippen LogP contribution < -0.4 is 10.2 Å². The molecule has 2 aromatic rings. The van der Waals surface area contributed by atoms with Gasteiger partial charge in [-0.05, 0) is 52.5 Å². The van der Waals surface area contributed by atoms with Gasteiger partial charge in [0.1, 0.15) is 11.4 Å². The molecule has 2 saturated carbocycles. The third-order valence-corrected chi connectivity index (χ3v) is 7.20. The van der Waals surface area contributed by atoms with Crippen molar-refractivity contribution in [2.45, 2.75) is 76.9 Å². The molecule has 2 N–H and O–H groups in total. The largest absolute Gasteiger partial charge is 0.444 e. The maximum Gasteiger partial charge on any atom is 0.410 e. The number of carbonyl (C=O) groups excluding carboxylic acids is 1. The van der Waals surface area contributed by atoms with Gasteiger partial charge in [-0.2, -0.15) is 10.1 Å². The number of ether oxygens (including phenoxy) is 1. The van der Waals surface area contributed by atoms with Gasteiger partial charge in [0.2, 0.25) is 5.95 Å². The zero-order valence-corrected chi connectivity index (χ0v) is 20.1. The smallest absolute Gasteiger partial charge is 0.410 e. The first-order chi connectivity index (χ1) is 15.7. The number of amides is 1. The topological polar surface area (TPSA) is 99.3 Å². The molecule has 2 aromatic heterocycles. The lowest BCUT2D eigenvalue weighted by Crippen LogP contribution is -2.67. The van der Waals surface area contributed by atoms with E-state index in [2.05, 4.69) is 31.5 Å². The first-order valence-electron chi connectivity index (χ1n) is 12.1. The summed E-state index contributed by atoms with van der Waals surface area (Å²) in [6, 6.07) is 4.35. The first kappa shape index (κ1) is 22.0. The Labute approximate surface area is 195 Å². The van der Waals surface area contributed by atoms with Crippen LogP contribution in [-0.4, -0.2) is 62.9 Å². The Kier molecular flexibility index (Phi) is 5.45. The Balaban J connectivity index is 1.14. The number of carbonyl (C=O) groups is 1. The summed E-state index contributed by atoms with van der Waals surface area (Å²) >= 11 is 0. The van der Waals surface area contributed by atoms with E-state index >= 15 is 0 Å². The predicted molar refractivity (Wildman–Crippen MR) is 127 cm³/mol. The monoisotopic (exact) mass is 453 g/mol. The minimum Gasteiger partial charge on any atom is -0.444 e. The quantitative estimate of drug-likeness (QED) is 0.690. The number of anilines is 3. The molecule has 0 radical (unpaired) electrons. The van der Waals surface area contributed by atoms with Crippen LogP contribution in [0.1, 0.15) is 70.9 Å². The first-order valence-corrected chi connectivity index (χ1v) is 12.1. The van der Waals surface area contributed by atoms with Gasteiger partial charge in [0.25, 0.3) is 0 Å². The number of H-pyrrole nitrogens is 1. The number of nitrogens with zero attached hydrogens (tertiary/aromatic N) is 5. The molecule has 1 amide bonds. The number of rotatable bonds is 5. The van der Waals surface area contributed by atoms with Crippen LogP contribution in [0.25, 0.3) is 0 Å². The highest BCUT2D eigenvalue weighted by Gasteiger charge is 2.55. The van der Waals surface area contributed by atoms with E-state index in [4.69, 9.17) is 9.72 Å². The van der Waals surface area contributed by atoms with E-state index in [0.717, 1.165) is 37.6 Å². The number of hydrogen-bond acceptors (Lipinski definition) is 7. The fourth-order valence-electron chi connectivity index (χ4n) is 5.42. The maximum atomic E-state index is 12.2. The van der Waals surface area contributed by atoms with Crippen LogP contribution in [0.2, 0.25) is 0 Å². The Bertz CT molecular complexity index is 994. The highest BCUT2D eigenvalue weighted by Crippen LogP contribution is 2.50. The molecule has 9 nitrogen and oxygen atoms in total. The van der Waals surface area contributed by atoms with Crippen molar-refractivity contribution in [3.63, 3.8) is 0 Å². The fraction of sp³-hybridized carbons (Fsp3) is 0.667. The van der Waals surface area contributed by atoms with Gasteiger partial charge >= 0.3 is 6.09 Å². The molecule has 33 heavy (non-hydrogen) atoms. The van der Waals surface area contributed by atoms with Crippen LogP contribution in [0.4, 0.5) is 22.4 Å². The molecule has 0 unspecified atom stereocenters. The lowest BCUT2D eigenvalue weighted by Gasteiger charge is -2.60. The predicted octanol–water partition coefficient (Wildman–Crippen LogP) is 4.44. The SMILES string of the molecule is CN(c1nccc(Nc2cc(C3CCCC3)[nH]n2)n1)C1CC2(C1)CN(C(=O)OC(C)(C)C)C2. The van der Waals surface area contributed by atoms with E-state index in [1.54, 1.807) is 6.20 Å². The van der Waals surface area contributed by atoms with Crippen LogP contribution in [0.5, 0.6) is 0 Å². The van der Waals surface area contributed by atoms with Crippen molar-refractivity contribution in [1.29, 1.82) is 0 Å². The van der Waals surface area contributed by atoms with Gasteiger partial charge < -0.3 is 19.9 Å². The third kappa shape index (κ3) is 4.63. The zero-order valence-electron chi connectivity index (χ0n) is 20.1. The van der Waals surface area contributed by atoms with Gasteiger partial charge in [-0.3, -0.25) is 5.10 Å². The maximum absolute atomic E-state index is 12.2. The van der Waals surface area contributed by atoms with Crippen LogP contribution in [0.15, 0.2) is 18.3 Å². The molecule has 5 rings (SSSR count). The lowest BCUT2D eigenvalue weighted by molar-refractivity contribution is -0.0776. The van der Waals surface area contributed by atoms with E-state index in [1.165, 1.54) is 31.4 Å². The average Bonchev–Trinajstić information content (AvgIpc) is 3.36. The summed E-state index contributed by atoms with van der Waals surface area (Å²) in [4.78, 5) is 25.4. The Morgan fingerprint density at radius 1 is 1.24 bits per heavy atom. The molecule has 9 heteroatoms. The van der Waals surface area contributed by atoms with E-state index in [1.807, 2.05) is 38.8 Å². The summed E-state index contributed by atoms with van der Waals surface area (Å²) in [5, 5.41) is 10.9. The van der Waals surface area contributed by atoms with Crippen LogP contribution in [0.3, 0.4) is 0 Å². The number of nitrogens with one attached hydrogen (secondary N) is 2. The molecule has 0 aromatic carbocycles. The summed E-state index contributed by atoms with van der Waals surface area (Å²) in [5.74, 6) is 2.84. The Morgan fingerprint density at radius 3 is 2.67 bits per heavy atom. The Hall–Kier alpha value is -2.84. The second kappa shape index (κ2) is 8.18. The highest BCUT2D eigenvalue weighted by molar-refractivity contribution is 5.69. The van der Waals surface area contributed by atoms with E-state index in [9.17, 15) is 4.79 Å². The summed E-state index contributed by atoms with van der Waals surface area (Å²) in [7, 11) is 2.05. The van der Waals surface area contributed by atoms with Crippen molar-refractivity contribution in [3.05, 3.63) is 24.0 Å². The van der Waals surface area contributed by atoms with E-state index < -0.39 is 5.60 Å². The number of aromatic nitrogens is 4. The van der Waals surface area contributed by atoms with Gasteiger partial charge in [-0.15, -0.1) is 0 Å². The van der Waals surface area contributed by atoms with Crippen molar-refractivity contribution in [2.75, 3.05) is 30.4 Å². The van der Waals surface area contributed by atoms with Crippen molar-refractivity contribution in [3.8, 4) is 0 Å². The van der Waals surface area contributed by atoms with Crippen LogP contribution >= 0.6 is 0 Å². The summed E-state index contributed by atoms with van der Waals surface area (Å²) in [5.41, 5.74) is 0.978. The van der Waals surface area contributed by atoms with Crippen LogP contribution in [-0.2, 0) is 4.74 Å². The molecule has 3 aliphatic rings. The molecule has 2 aliphatic carbocycles. The van der Waals surface area contributed by atoms with Crippen molar-refractivity contribution >= 4 is 23.7 Å². The van der Waals surface area contributed by atoms with Gasteiger partial charge in [0, 0.05) is 55.5 Å². The van der Waals surface area contributed by atoms with Gasteiger partial charge in [-0.1, -0.05) is 12.8 Å². The molecule has 1 spiro atoms.